The third-order valence-corrected chi connectivity index (χ3v) is 10.8. The maximum Gasteiger partial charge on any atom is 0.322 e. The van der Waals surface area contributed by atoms with Crippen LogP contribution in [0.15, 0.2) is 0 Å². The molecule has 0 aromatic heterocycles. The second-order valence-electron chi connectivity index (χ2n) is 12.1. The van der Waals surface area contributed by atoms with Crippen LogP contribution in [0, 0.1) is 46.3 Å². The van der Waals surface area contributed by atoms with Crippen LogP contribution in [0.1, 0.15) is 86.4 Å². The van der Waals surface area contributed by atoms with Gasteiger partial charge in [0.15, 0.2) is 0 Å². The summed E-state index contributed by atoms with van der Waals surface area (Å²) >= 11 is 0. The number of nitrogens with one attached hydrogen (secondary N) is 1. The summed E-state index contributed by atoms with van der Waals surface area (Å²) in [5.41, 5.74) is 0.145. The van der Waals surface area contributed by atoms with Crippen molar-refractivity contribution in [2.75, 3.05) is 6.54 Å². The monoisotopic (exact) mass is 474 g/mol. The molecule has 0 aromatic rings. The number of amides is 1. The van der Waals surface area contributed by atoms with Crippen LogP contribution in [0.2, 0.25) is 0 Å². The molecule has 10 atom stereocenters. The summed E-state index contributed by atoms with van der Waals surface area (Å²) in [6.07, 6.45) is 9.12. The first-order valence-corrected chi connectivity index (χ1v) is 12.9. The van der Waals surface area contributed by atoms with Crippen LogP contribution < -0.4 is 5.32 Å². The molecular formula is C26H45NNaO5. The number of hydrogen-bond acceptors (Lipinski definition) is 4. The van der Waals surface area contributed by atoms with E-state index in [1.807, 2.05) is 0 Å². The maximum atomic E-state index is 12.0. The Balaban J connectivity index is 0.00000204. The first-order chi connectivity index (χ1) is 15.1. The van der Waals surface area contributed by atoms with E-state index in [0.717, 1.165) is 44.9 Å². The fourth-order valence-electron chi connectivity index (χ4n) is 8.98. The molecule has 0 heterocycles. The third-order valence-electron chi connectivity index (χ3n) is 10.8. The summed E-state index contributed by atoms with van der Waals surface area (Å²) in [7, 11) is 0. The second-order valence-corrected chi connectivity index (χ2v) is 12.1. The molecule has 0 saturated heterocycles. The quantitative estimate of drug-likeness (QED) is 0.441. The van der Waals surface area contributed by atoms with Crippen LogP contribution in [0.25, 0.3) is 0 Å². The molecule has 4 fully saturated rings. The van der Waals surface area contributed by atoms with E-state index >= 15 is 0 Å². The topological polar surface area (TPSA) is 107 Å². The predicted octanol–water partition coefficient (Wildman–Crippen LogP) is 3.46. The van der Waals surface area contributed by atoms with Gasteiger partial charge in [-0.3, -0.25) is 9.59 Å². The molecule has 4 saturated carbocycles. The first kappa shape index (κ1) is 27.4. The standard InChI is InChI=1S/C26H43NO5.Na.H2/c1-15(4-9-23(30)27-14-24(31)32)19-7-8-20-18-6-5-16-12-17(28)10-11-25(16,2)21(18)13-22(29)26(19,20)3;;/h15-22,28-29H,4-14H2,1-3H3,(H,27,30)(H,31,32);;1H/t15-,16-,17-,18+,19-,20+,21+,22+,25+,26-;;/m1../s1. The van der Waals surface area contributed by atoms with Gasteiger partial charge in [0.25, 0.3) is 0 Å². The molecule has 4 aliphatic rings. The normalized spacial score (nSPS) is 45.1. The van der Waals surface area contributed by atoms with Crippen molar-refractivity contribution >= 4 is 41.4 Å². The van der Waals surface area contributed by atoms with Crippen molar-refractivity contribution < 1.29 is 26.3 Å². The van der Waals surface area contributed by atoms with Gasteiger partial charge in [-0.1, -0.05) is 20.8 Å². The summed E-state index contributed by atoms with van der Waals surface area (Å²) < 4.78 is 0. The zero-order chi connectivity index (χ0) is 23.3. The second kappa shape index (κ2) is 10.5. The number of aliphatic hydroxyl groups is 2. The van der Waals surface area contributed by atoms with Crippen molar-refractivity contribution in [1.82, 2.24) is 5.32 Å². The minimum atomic E-state index is -1.02. The Bertz CT molecular complexity index is 740. The molecule has 0 aliphatic heterocycles. The summed E-state index contributed by atoms with van der Waals surface area (Å²) in [4.78, 5) is 22.7. The summed E-state index contributed by atoms with van der Waals surface area (Å²) in [5, 5.41) is 33.0. The van der Waals surface area contributed by atoms with E-state index in [1.165, 1.54) is 12.8 Å². The number of fused-ring (bicyclic) bond motifs is 5. The van der Waals surface area contributed by atoms with Crippen molar-refractivity contribution in [3.05, 3.63) is 0 Å². The van der Waals surface area contributed by atoms with E-state index in [4.69, 9.17) is 5.11 Å². The SMILES string of the molecule is C[C@H](CCC(=O)NCC(=O)O)[C@H]1CC[C@H]2[C@@H]3CC[C@@H]4C[C@H](O)CC[C@]4(C)[C@H]3C[C@H](O)[C@]12C.[HH].[Na]. The minimum Gasteiger partial charge on any atom is -0.480 e. The maximum absolute atomic E-state index is 12.0. The molecule has 4 aliphatic carbocycles. The smallest absolute Gasteiger partial charge is 0.322 e. The molecule has 185 valence electrons. The molecule has 6 nitrogen and oxygen atoms in total. The fraction of sp³-hybridized carbons (Fsp3) is 0.923. The van der Waals surface area contributed by atoms with E-state index in [2.05, 4.69) is 26.1 Å². The van der Waals surface area contributed by atoms with Crippen molar-refractivity contribution in [3.63, 3.8) is 0 Å². The Morgan fingerprint density at radius 2 is 1.79 bits per heavy atom. The van der Waals surface area contributed by atoms with Gasteiger partial charge in [0, 0.05) is 37.4 Å². The minimum absolute atomic E-state index is 0. The van der Waals surface area contributed by atoms with E-state index in [9.17, 15) is 19.8 Å². The Hall–Kier alpha value is -0.140. The van der Waals surface area contributed by atoms with Crippen LogP contribution >= 0.6 is 0 Å². The Morgan fingerprint density at radius 1 is 1.06 bits per heavy atom. The number of carboxylic acids is 1. The van der Waals surface area contributed by atoms with Crippen molar-refractivity contribution in [3.8, 4) is 0 Å². The van der Waals surface area contributed by atoms with Gasteiger partial charge in [0.2, 0.25) is 5.91 Å². The van der Waals surface area contributed by atoms with Crippen LogP contribution in [-0.2, 0) is 9.59 Å². The van der Waals surface area contributed by atoms with Crippen LogP contribution in [0.4, 0.5) is 0 Å². The molecule has 0 aromatic carbocycles. The summed E-state index contributed by atoms with van der Waals surface area (Å²) in [6.45, 7) is 6.65. The molecule has 7 heteroatoms. The number of carbonyl (C=O) groups excluding carboxylic acids is 1. The molecule has 0 unspecified atom stereocenters. The number of carboxylic acid groups (broad SMARTS) is 1. The van der Waals surface area contributed by atoms with Gasteiger partial charge in [0.1, 0.15) is 6.54 Å². The van der Waals surface area contributed by atoms with Gasteiger partial charge in [-0.05, 0) is 104 Å². The third kappa shape index (κ3) is 4.94. The predicted molar refractivity (Wildman–Crippen MR) is 130 cm³/mol. The molecular weight excluding hydrogens is 429 g/mol. The van der Waals surface area contributed by atoms with Crippen LogP contribution in [0.3, 0.4) is 0 Å². The van der Waals surface area contributed by atoms with Crippen LogP contribution in [-0.4, -0.2) is 75.5 Å². The summed E-state index contributed by atoms with van der Waals surface area (Å²) in [6, 6.07) is 0. The average molecular weight is 475 g/mol. The van der Waals surface area contributed by atoms with Gasteiger partial charge in [0.05, 0.1) is 12.2 Å². The van der Waals surface area contributed by atoms with Crippen molar-refractivity contribution in [1.29, 1.82) is 0 Å². The largest absolute Gasteiger partial charge is 0.480 e. The van der Waals surface area contributed by atoms with E-state index < -0.39 is 5.97 Å². The Morgan fingerprint density at radius 3 is 2.48 bits per heavy atom. The van der Waals surface area contributed by atoms with Gasteiger partial charge >= 0.3 is 5.97 Å². The first-order valence-electron chi connectivity index (χ1n) is 12.9. The average Bonchev–Trinajstić information content (AvgIpc) is 3.10. The Labute approximate surface area is 222 Å². The number of hydrogen-bond donors (Lipinski definition) is 4. The van der Waals surface area contributed by atoms with Crippen LogP contribution in [0.5, 0.6) is 0 Å². The summed E-state index contributed by atoms with van der Waals surface area (Å²) in [5.74, 6) is 1.84. The zero-order valence-corrected chi connectivity index (χ0v) is 23.1. The number of carbonyl (C=O) groups is 2. The molecule has 1 radical (unpaired) electrons. The molecule has 1 amide bonds. The van der Waals surface area contributed by atoms with Gasteiger partial charge in [-0.25, -0.2) is 0 Å². The molecule has 33 heavy (non-hydrogen) atoms. The Kier molecular flexibility index (Phi) is 8.70. The van der Waals surface area contributed by atoms with Crippen molar-refractivity contribution in [2.24, 2.45) is 46.3 Å². The molecule has 4 rings (SSSR count). The molecule has 0 spiro atoms. The number of aliphatic hydroxyl groups excluding tert-OH is 2. The van der Waals surface area contributed by atoms with Gasteiger partial charge < -0.3 is 20.6 Å². The number of aliphatic carboxylic acids is 1. The number of rotatable bonds is 6. The van der Waals surface area contributed by atoms with Gasteiger partial charge in [-0.15, -0.1) is 0 Å². The van der Waals surface area contributed by atoms with E-state index in [1.54, 1.807) is 0 Å². The molecule has 0 bridgehead atoms. The molecule has 4 N–H and O–H groups in total. The van der Waals surface area contributed by atoms with E-state index in [0.29, 0.717) is 41.9 Å². The van der Waals surface area contributed by atoms with E-state index in [-0.39, 0.29) is 66.5 Å². The fourth-order valence-corrected chi connectivity index (χ4v) is 8.98. The zero-order valence-electron chi connectivity index (χ0n) is 21.1. The van der Waals surface area contributed by atoms with Gasteiger partial charge in [-0.2, -0.15) is 0 Å². The van der Waals surface area contributed by atoms with Crippen molar-refractivity contribution in [2.45, 2.75) is 97.2 Å².